The number of hydrogen-bond acceptors (Lipinski definition) is 2. The Balaban J connectivity index is 2.39. The van der Waals surface area contributed by atoms with Gasteiger partial charge in [-0.25, -0.2) is 0 Å². The average molecular weight is 185 g/mol. The van der Waals surface area contributed by atoms with Crippen molar-refractivity contribution in [3.8, 4) is 0 Å². The van der Waals surface area contributed by atoms with Gasteiger partial charge < -0.3 is 10.7 Å². The predicted molar refractivity (Wildman–Crippen MR) is 58.9 cm³/mol. The van der Waals surface area contributed by atoms with Crippen LogP contribution in [0.25, 0.3) is 10.9 Å². The minimum absolute atomic E-state index is 0.821. The lowest BCUT2D eigenvalue weighted by Gasteiger charge is -2.03. The minimum atomic E-state index is 0.821. The average Bonchev–Trinajstić information content (AvgIpc) is 2.56. The topological polar surface area (TPSA) is 54.2 Å². The van der Waals surface area contributed by atoms with Gasteiger partial charge in [-0.15, -0.1) is 0 Å². The molecular formula is C11H11N3. The number of nitrogens with one attached hydrogen (secondary N) is 1. The van der Waals surface area contributed by atoms with Crippen molar-refractivity contribution in [1.82, 2.24) is 4.98 Å². The Morgan fingerprint density at radius 1 is 1.36 bits per heavy atom. The van der Waals surface area contributed by atoms with Crippen LogP contribution >= 0.6 is 0 Å². The van der Waals surface area contributed by atoms with Gasteiger partial charge >= 0.3 is 0 Å². The first-order chi connectivity index (χ1) is 6.84. The molecule has 3 nitrogen and oxygen atoms in total. The third kappa shape index (κ3) is 0.954. The van der Waals surface area contributed by atoms with Crippen LogP contribution in [0.4, 0.5) is 5.69 Å². The maximum Gasteiger partial charge on any atom is 0.0605 e. The smallest absolute Gasteiger partial charge is 0.0605 e. The second-order valence-corrected chi connectivity index (χ2v) is 3.61. The highest BCUT2D eigenvalue weighted by Crippen LogP contribution is 2.25. The predicted octanol–water partition coefficient (Wildman–Crippen LogP) is 1.73. The number of nitrogens with two attached hydrogens (primary N) is 1. The van der Waals surface area contributed by atoms with Gasteiger partial charge in [0.25, 0.3) is 0 Å². The van der Waals surface area contributed by atoms with Crippen molar-refractivity contribution >= 4 is 22.8 Å². The number of hydrogen-bond donors (Lipinski definition) is 2. The number of fused-ring (bicyclic) bond motifs is 3. The first-order valence-electron chi connectivity index (χ1n) is 4.74. The van der Waals surface area contributed by atoms with Crippen LogP contribution in [0.3, 0.4) is 0 Å². The van der Waals surface area contributed by atoms with Crippen LogP contribution in [0, 0.1) is 0 Å². The molecule has 2 aromatic rings. The van der Waals surface area contributed by atoms with Gasteiger partial charge in [-0.1, -0.05) is 0 Å². The maximum atomic E-state index is 5.77. The van der Waals surface area contributed by atoms with Crippen molar-refractivity contribution in [2.45, 2.75) is 6.42 Å². The van der Waals surface area contributed by atoms with Gasteiger partial charge in [0.15, 0.2) is 0 Å². The second kappa shape index (κ2) is 2.61. The number of aromatic nitrogens is 1. The summed E-state index contributed by atoms with van der Waals surface area (Å²) in [5.74, 6) is 0. The molecule has 0 saturated heterocycles. The molecule has 0 atom stereocenters. The molecule has 14 heavy (non-hydrogen) atoms. The molecule has 70 valence electrons. The first kappa shape index (κ1) is 7.62. The monoisotopic (exact) mass is 185 g/mol. The quantitative estimate of drug-likeness (QED) is 0.603. The summed E-state index contributed by atoms with van der Waals surface area (Å²) >= 11 is 0. The van der Waals surface area contributed by atoms with Crippen molar-refractivity contribution in [1.29, 1.82) is 0 Å². The van der Waals surface area contributed by atoms with Crippen LogP contribution in [0.5, 0.6) is 0 Å². The zero-order valence-electron chi connectivity index (χ0n) is 7.75. The highest BCUT2D eigenvalue weighted by atomic mass is 14.8. The number of rotatable bonds is 0. The Kier molecular flexibility index (Phi) is 1.42. The van der Waals surface area contributed by atoms with E-state index in [-0.39, 0.29) is 0 Å². The molecule has 0 unspecified atom stereocenters. The summed E-state index contributed by atoms with van der Waals surface area (Å²) in [5, 5.41) is 1.24. The Bertz CT molecular complexity index is 523. The third-order valence-electron chi connectivity index (χ3n) is 2.67. The van der Waals surface area contributed by atoms with Crippen LogP contribution in [0.15, 0.2) is 23.2 Å². The maximum absolute atomic E-state index is 5.77. The van der Waals surface area contributed by atoms with E-state index in [4.69, 9.17) is 5.73 Å². The van der Waals surface area contributed by atoms with Gasteiger partial charge in [-0.05, 0) is 30.2 Å². The van der Waals surface area contributed by atoms with E-state index in [2.05, 4.69) is 9.98 Å². The standard InChI is InChI=1S/C11H11N3/c12-7-1-2-10-9(5-7)8-3-4-13-6-11(8)14-10/h1-2,5-6,14H,3-4,12H2. The molecule has 0 bridgehead atoms. The zero-order chi connectivity index (χ0) is 9.54. The van der Waals surface area contributed by atoms with Gasteiger partial charge in [-0.2, -0.15) is 0 Å². The Morgan fingerprint density at radius 3 is 3.21 bits per heavy atom. The van der Waals surface area contributed by atoms with E-state index in [1.54, 1.807) is 0 Å². The van der Waals surface area contributed by atoms with E-state index in [1.165, 1.54) is 10.9 Å². The van der Waals surface area contributed by atoms with E-state index < -0.39 is 0 Å². The van der Waals surface area contributed by atoms with E-state index >= 15 is 0 Å². The Labute approximate surface area is 81.6 Å². The van der Waals surface area contributed by atoms with Gasteiger partial charge in [0.05, 0.1) is 5.69 Å². The van der Waals surface area contributed by atoms with Crippen LogP contribution in [-0.2, 0) is 6.42 Å². The highest BCUT2D eigenvalue weighted by Gasteiger charge is 2.12. The van der Waals surface area contributed by atoms with Crippen LogP contribution in [0.2, 0.25) is 0 Å². The summed E-state index contributed by atoms with van der Waals surface area (Å²) in [6.45, 7) is 0.884. The second-order valence-electron chi connectivity index (χ2n) is 3.61. The molecule has 1 aromatic carbocycles. The number of aliphatic imine (C=N–C) groups is 1. The lowest BCUT2D eigenvalue weighted by molar-refractivity contribution is 0.957. The molecule has 3 rings (SSSR count). The fourth-order valence-electron chi connectivity index (χ4n) is 2.00. The van der Waals surface area contributed by atoms with E-state index in [0.29, 0.717) is 0 Å². The summed E-state index contributed by atoms with van der Waals surface area (Å²) < 4.78 is 0. The molecule has 1 aromatic heterocycles. The number of aromatic amines is 1. The molecule has 3 N–H and O–H groups in total. The van der Waals surface area contributed by atoms with Crippen LogP contribution < -0.4 is 5.73 Å². The van der Waals surface area contributed by atoms with E-state index in [1.807, 2.05) is 24.4 Å². The Morgan fingerprint density at radius 2 is 2.29 bits per heavy atom. The van der Waals surface area contributed by atoms with Crippen molar-refractivity contribution in [3.63, 3.8) is 0 Å². The summed E-state index contributed by atoms with van der Waals surface area (Å²) in [6.07, 6.45) is 2.92. The van der Waals surface area contributed by atoms with Gasteiger partial charge in [0.2, 0.25) is 0 Å². The van der Waals surface area contributed by atoms with Crippen molar-refractivity contribution in [3.05, 3.63) is 29.5 Å². The van der Waals surface area contributed by atoms with Gasteiger partial charge in [-0.3, -0.25) is 4.99 Å². The molecule has 0 spiro atoms. The summed E-state index contributed by atoms with van der Waals surface area (Å²) in [6, 6.07) is 5.97. The molecule has 0 aliphatic carbocycles. The van der Waals surface area contributed by atoms with Crippen molar-refractivity contribution in [2.24, 2.45) is 4.99 Å². The van der Waals surface area contributed by atoms with E-state index in [9.17, 15) is 0 Å². The highest BCUT2D eigenvalue weighted by molar-refractivity contribution is 5.95. The summed E-state index contributed by atoms with van der Waals surface area (Å²) in [5.41, 5.74) is 10.2. The lowest BCUT2D eigenvalue weighted by Crippen LogP contribution is -2.00. The molecular weight excluding hydrogens is 174 g/mol. The molecule has 0 amide bonds. The van der Waals surface area contributed by atoms with Crippen LogP contribution in [-0.4, -0.2) is 17.7 Å². The number of nitrogen functional groups attached to an aromatic ring is 1. The van der Waals surface area contributed by atoms with Crippen LogP contribution in [0.1, 0.15) is 11.3 Å². The Hall–Kier alpha value is -1.77. The number of anilines is 1. The minimum Gasteiger partial charge on any atom is -0.399 e. The normalized spacial score (nSPS) is 14.6. The summed E-state index contributed by atoms with van der Waals surface area (Å²) in [7, 11) is 0. The SMILES string of the molecule is Nc1ccc2[nH]c3c(c2c1)CCN=C3. The fraction of sp³-hybridized carbons (Fsp3) is 0.182. The van der Waals surface area contributed by atoms with Crippen molar-refractivity contribution in [2.75, 3.05) is 12.3 Å². The molecule has 1 aliphatic rings. The largest absolute Gasteiger partial charge is 0.399 e. The van der Waals surface area contributed by atoms with E-state index in [0.717, 1.165) is 29.9 Å². The molecule has 2 heterocycles. The van der Waals surface area contributed by atoms with Gasteiger partial charge in [0.1, 0.15) is 0 Å². The number of nitrogens with zero attached hydrogens (tertiary/aromatic N) is 1. The first-order valence-corrected chi connectivity index (χ1v) is 4.74. The molecule has 3 heteroatoms. The lowest BCUT2D eigenvalue weighted by atomic mass is 10.1. The molecule has 0 saturated carbocycles. The molecule has 1 aliphatic heterocycles. The zero-order valence-corrected chi connectivity index (χ0v) is 7.75. The number of benzene rings is 1. The molecule has 0 radical (unpaired) electrons. The molecule has 0 fully saturated rings. The number of H-pyrrole nitrogens is 1. The van der Waals surface area contributed by atoms with Crippen molar-refractivity contribution < 1.29 is 0 Å². The summed E-state index contributed by atoms with van der Waals surface area (Å²) in [4.78, 5) is 7.59. The third-order valence-corrected chi connectivity index (χ3v) is 2.67. The van der Waals surface area contributed by atoms with Gasteiger partial charge in [0, 0.05) is 29.3 Å². The fourth-order valence-corrected chi connectivity index (χ4v) is 2.00.